The lowest BCUT2D eigenvalue weighted by atomic mass is 10.2. The molecule has 0 saturated carbocycles. The molecular weight excluding hydrogens is 325 g/mol. The van der Waals surface area contributed by atoms with Crippen molar-refractivity contribution in [3.63, 3.8) is 0 Å². The minimum atomic E-state index is -0.494. The van der Waals surface area contributed by atoms with Crippen molar-refractivity contribution < 1.29 is 13.9 Å². The standard InChI is InChI=1S/C15H19BrFNO2/c1-15(2,3)20-14(19)18-9-5-4-6-11-10-12(17)7-8-13(11)16/h4,6-8,10H,5,9H2,1-3H3,(H,18,19). The predicted octanol–water partition coefficient (Wildman–Crippen LogP) is 4.52. The molecule has 5 heteroatoms. The molecule has 0 spiro atoms. The average molecular weight is 344 g/mol. The zero-order valence-corrected chi connectivity index (χ0v) is 13.5. The van der Waals surface area contributed by atoms with E-state index in [4.69, 9.17) is 4.74 Å². The zero-order valence-electron chi connectivity index (χ0n) is 11.9. The summed E-state index contributed by atoms with van der Waals surface area (Å²) in [4.78, 5) is 11.4. The highest BCUT2D eigenvalue weighted by atomic mass is 79.9. The van der Waals surface area contributed by atoms with E-state index < -0.39 is 11.7 Å². The molecule has 0 heterocycles. The van der Waals surface area contributed by atoms with Crippen LogP contribution in [0.15, 0.2) is 28.7 Å². The molecule has 1 amide bonds. The van der Waals surface area contributed by atoms with Crippen molar-refractivity contribution in [2.24, 2.45) is 0 Å². The summed E-state index contributed by atoms with van der Waals surface area (Å²) < 4.78 is 19.0. The van der Waals surface area contributed by atoms with E-state index in [9.17, 15) is 9.18 Å². The van der Waals surface area contributed by atoms with Gasteiger partial charge in [-0.25, -0.2) is 9.18 Å². The fraction of sp³-hybridized carbons (Fsp3) is 0.400. The maximum absolute atomic E-state index is 13.1. The van der Waals surface area contributed by atoms with Gasteiger partial charge in [0.15, 0.2) is 0 Å². The third kappa shape index (κ3) is 6.70. The van der Waals surface area contributed by atoms with Gasteiger partial charge in [0.25, 0.3) is 0 Å². The van der Waals surface area contributed by atoms with Crippen LogP contribution in [0.2, 0.25) is 0 Å². The van der Waals surface area contributed by atoms with Gasteiger partial charge in [-0.15, -0.1) is 0 Å². The number of amides is 1. The molecule has 0 bridgehead atoms. The molecule has 110 valence electrons. The third-order valence-electron chi connectivity index (χ3n) is 2.23. The second-order valence-corrected chi connectivity index (χ2v) is 6.14. The molecule has 20 heavy (non-hydrogen) atoms. The van der Waals surface area contributed by atoms with E-state index >= 15 is 0 Å². The summed E-state index contributed by atoms with van der Waals surface area (Å²) in [6.45, 7) is 5.91. The molecular formula is C15H19BrFNO2. The number of benzene rings is 1. The summed E-state index contributed by atoms with van der Waals surface area (Å²) in [5.41, 5.74) is 0.272. The van der Waals surface area contributed by atoms with Crippen LogP contribution in [0.5, 0.6) is 0 Å². The van der Waals surface area contributed by atoms with Crippen LogP contribution in [0.1, 0.15) is 32.8 Å². The number of hydrogen-bond acceptors (Lipinski definition) is 2. The molecule has 0 aliphatic rings. The summed E-state index contributed by atoms with van der Waals surface area (Å²) >= 11 is 3.35. The summed E-state index contributed by atoms with van der Waals surface area (Å²) in [7, 11) is 0. The summed E-state index contributed by atoms with van der Waals surface area (Å²) in [5.74, 6) is -0.278. The summed E-state index contributed by atoms with van der Waals surface area (Å²) in [5, 5.41) is 2.65. The van der Waals surface area contributed by atoms with Gasteiger partial charge in [0, 0.05) is 11.0 Å². The van der Waals surface area contributed by atoms with Gasteiger partial charge in [0.05, 0.1) is 0 Å². The highest BCUT2D eigenvalue weighted by molar-refractivity contribution is 9.10. The van der Waals surface area contributed by atoms with Gasteiger partial charge >= 0.3 is 6.09 Å². The van der Waals surface area contributed by atoms with Crippen LogP contribution >= 0.6 is 15.9 Å². The van der Waals surface area contributed by atoms with Gasteiger partial charge in [-0.1, -0.05) is 28.1 Å². The van der Waals surface area contributed by atoms with Gasteiger partial charge in [0.2, 0.25) is 0 Å². The second kappa shape index (κ2) is 7.43. The van der Waals surface area contributed by atoms with Crippen LogP contribution < -0.4 is 5.32 Å². The smallest absolute Gasteiger partial charge is 0.407 e. The Balaban J connectivity index is 2.36. The average Bonchev–Trinajstić information content (AvgIpc) is 2.30. The summed E-state index contributed by atoms with van der Waals surface area (Å²) in [6.07, 6.45) is 3.89. The van der Waals surface area contributed by atoms with E-state index in [0.29, 0.717) is 13.0 Å². The Morgan fingerprint density at radius 1 is 1.45 bits per heavy atom. The summed E-state index contributed by atoms with van der Waals surface area (Å²) in [6, 6.07) is 4.50. The molecule has 0 aliphatic carbocycles. The van der Waals surface area contributed by atoms with Crippen molar-refractivity contribution in [2.75, 3.05) is 6.54 Å². The first-order chi connectivity index (χ1) is 9.28. The molecule has 0 saturated heterocycles. The molecule has 1 aromatic rings. The first-order valence-electron chi connectivity index (χ1n) is 6.36. The van der Waals surface area contributed by atoms with Crippen molar-refractivity contribution in [1.29, 1.82) is 0 Å². The van der Waals surface area contributed by atoms with Crippen LogP contribution in [0, 0.1) is 5.82 Å². The number of carbonyl (C=O) groups is 1. The number of rotatable bonds is 4. The maximum atomic E-state index is 13.1. The Morgan fingerprint density at radius 3 is 2.80 bits per heavy atom. The number of hydrogen-bond donors (Lipinski definition) is 1. The lowest BCUT2D eigenvalue weighted by Crippen LogP contribution is -2.32. The Labute approximate surface area is 127 Å². The predicted molar refractivity (Wildman–Crippen MR) is 82.0 cm³/mol. The highest BCUT2D eigenvalue weighted by Gasteiger charge is 2.15. The lowest BCUT2D eigenvalue weighted by molar-refractivity contribution is 0.0529. The van der Waals surface area contributed by atoms with Crippen molar-refractivity contribution in [2.45, 2.75) is 32.8 Å². The zero-order chi connectivity index (χ0) is 15.2. The van der Waals surface area contributed by atoms with E-state index in [0.717, 1.165) is 10.0 Å². The number of nitrogens with one attached hydrogen (secondary N) is 1. The monoisotopic (exact) mass is 343 g/mol. The van der Waals surface area contributed by atoms with Crippen LogP contribution in [-0.2, 0) is 4.74 Å². The molecule has 1 N–H and O–H groups in total. The van der Waals surface area contributed by atoms with Crippen molar-refractivity contribution in [3.05, 3.63) is 40.1 Å². The lowest BCUT2D eigenvalue weighted by Gasteiger charge is -2.19. The van der Waals surface area contributed by atoms with Gasteiger partial charge in [0.1, 0.15) is 11.4 Å². The van der Waals surface area contributed by atoms with Gasteiger partial charge in [-0.2, -0.15) is 0 Å². The van der Waals surface area contributed by atoms with Crippen molar-refractivity contribution in [3.8, 4) is 0 Å². The Kier molecular flexibility index (Phi) is 6.20. The molecule has 3 nitrogen and oxygen atoms in total. The number of alkyl carbamates (subject to hydrolysis) is 1. The fourth-order valence-electron chi connectivity index (χ4n) is 1.42. The van der Waals surface area contributed by atoms with Crippen molar-refractivity contribution >= 4 is 28.1 Å². The molecule has 0 unspecified atom stereocenters. The third-order valence-corrected chi connectivity index (χ3v) is 2.96. The highest BCUT2D eigenvalue weighted by Crippen LogP contribution is 2.19. The largest absolute Gasteiger partial charge is 0.444 e. The van der Waals surface area contributed by atoms with Crippen LogP contribution in [-0.4, -0.2) is 18.2 Å². The minimum Gasteiger partial charge on any atom is -0.444 e. The molecule has 0 aromatic heterocycles. The SMILES string of the molecule is CC(C)(C)OC(=O)NCCC=Cc1cc(F)ccc1Br. The Hall–Kier alpha value is -1.36. The minimum absolute atomic E-state index is 0.278. The first-order valence-corrected chi connectivity index (χ1v) is 7.16. The first kappa shape index (κ1) is 16.7. The van der Waals surface area contributed by atoms with Gasteiger partial charge in [-0.3, -0.25) is 0 Å². The molecule has 1 aromatic carbocycles. The van der Waals surface area contributed by atoms with E-state index in [1.54, 1.807) is 6.07 Å². The topological polar surface area (TPSA) is 38.3 Å². The van der Waals surface area contributed by atoms with Crippen LogP contribution in [0.25, 0.3) is 6.08 Å². The quantitative estimate of drug-likeness (QED) is 0.816. The normalized spacial score (nSPS) is 11.7. The fourth-order valence-corrected chi connectivity index (χ4v) is 1.80. The Morgan fingerprint density at radius 2 is 2.15 bits per heavy atom. The molecule has 1 rings (SSSR count). The van der Waals surface area contributed by atoms with Crippen molar-refractivity contribution in [1.82, 2.24) is 5.32 Å². The van der Waals surface area contributed by atoms with E-state index in [1.807, 2.05) is 32.9 Å². The molecule has 0 radical (unpaired) electrons. The van der Waals surface area contributed by atoms with E-state index in [-0.39, 0.29) is 5.82 Å². The number of halogens is 2. The maximum Gasteiger partial charge on any atom is 0.407 e. The van der Waals surface area contributed by atoms with E-state index in [1.165, 1.54) is 12.1 Å². The van der Waals surface area contributed by atoms with E-state index in [2.05, 4.69) is 21.2 Å². The van der Waals surface area contributed by atoms with Crippen LogP contribution in [0.3, 0.4) is 0 Å². The van der Waals surface area contributed by atoms with Crippen LogP contribution in [0.4, 0.5) is 9.18 Å². The van der Waals surface area contributed by atoms with Gasteiger partial charge < -0.3 is 10.1 Å². The molecule has 0 fully saturated rings. The van der Waals surface area contributed by atoms with Gasteiger partial charge in [-0.05, 0) is 51.0 Å². The number of carbonyl (C=O) groups excluding carboxylic acids is 1. The number of ether oxygens (including phenoxy) is 1. The molecule has 0 aliphatic heterocycles. The Bertz CT molecular complexity index is 495. The molecule has 0 atom stereocenters. The second-order valence-electron chi connectivity index (χ2n) is 5.29.